The Balaban J connectivity index is 1.71. The molecule has 0 aliphatic heterocycles. The molecule has 1 atom stereocenters. The third kappa shape index (κ3) is 5.62. The van der Waals surface area contributed by atoms with Crippen LogP contribution in [0.4, 0.5) is 4.39 Å². The number of halogens is 3. The molecule has 0 unspecified atom stereocenters. The van der Waals surface area contributed by atoms with Crippen molar-refractivity contribution < 1.29 is 13.9 Å². The van der Waals surface area contributed by atoms with Gasteiger partial charge in [-0.25, -0.2) is 9.37 Å². The van der Waals surface area contributed by atoms with E-state index in [4.69, 9.17) is 14.5 Å². The summed E-state index contributed by atoms with van der Waals surface area (Å²) in [7, 11) is 1.54. The molecule has 9 heteroatoms. The molecule has 0 bridgehead atoms. The fourth-order valence-corrected chi connectivity index (χ4v) is 4.77. The summed E-state index contributed by atoms with van der Waals surface area (Å²) in [5.41, 5.74) is 1.57. The maximum Gasteiger partial charge on any atom is 0.282 e. The smallest absolute Gasteiger partial charge is 0.282 e. The van der Waals surface area contributed by atoms with Gasteiger partial charge in [0, 0.05) is 16.0 Å². The van der Waals surface area contributed by atoms with Crippen molar-refractivity contribution in [3.8, 4) is 11.5 Å². The van der Waals surface area contributed by atoms with Gasteiger partial charge in [0.15, 0.2) is 11.5 Å². The lowest BCUT2D eigenvalue weighted by Gasteiger charge is -2.15. The highest BCUT2D eigenvalue weighted by Gasteiger charge is 2.16. The van der Waals surface area contributed by atoms with Gasteiger partial charge in [0.25, 0.3) is 5.56 Å². The summed E-state index contributed by atoms with van der Waals surface area (Å²) in [5, 5.41) is 5.01. The van der Waals surface area contributed by atoms with Crippen LogP contribution in [0.3, 0.4) is 0 Å². The van der Waals surface area contributed by atoms with Gasteiger partial charge in [0.1, 0.15) is 18.2 Å². The Morgan fingerprint density at radius 2 is 2.00 bits per heavy atom. The zero-order valence-corrected chi connectivity index (χ0v) is 23.7. The minimum absolute atomic E-state index is 0.0340. The number of aromatic nitrogens is 2. The number of rotatable bonds is 8. The second kappa shape index (κ2) is 11.5. The van der Waals surface area contributed by atoms with Crippen molar-refractivity contribution >= 4 is 55.6 Å². The minimum atomic E-state index is -0.325. The monoisotopic (exact) mass is 663 g/mol. The van der Waals surface area contributed by atoms with Gasteiger partial charge < -0.3 is 9.47 Å². The molecule has 0 saturated carbocycles. The third-order valence-corrected chi connectivity index (χ3v) is 7.08. The molecule has 4 aromatic rings. The Kier molecular flexibility index (Phi) is 8.40. The Hall–Kier alpha value is -2.79. The van der Waals surface area contributed by atoms with Gasteiger partial charge in [-0.3, -0.25) is 4.79 Å². The normalized spacial score (nSPS) is 12.3. The minimum Gasteiger partial charge on any atom is -0.493 e. The fourth-order valence-electron chi connectivity index (χ4n) is 3.62. The largest absolute Gasteiger partial charge is 0.493 e. The van der Waals surface area contributed by atoms with Gasteiger partial charge in [-0.1, -0.05) is 48.0 Å². The average molecular weight is 664 g/mol. The lowest BCUT2D eigenvalue weighted by atomic mass is 10.1. The van der Waals surface area contributed by atoms with Crippen molar-refractivity contribution in [2.45, 2.75) is 32.8 Å². The summed E-state index contributed by atoms with van der Waals surface area (Å²) in [6.45, 7) is 4.13. The first-order valence-electron chi connectivity index (χ1n) is 11.3. The summed E-state index contributed by atoms with van der Waals surface area (Å²) in [6.07, 6.45) is 2.41. The van der Waals surface area contributed by atoms with Crippen LogP contribution in [0.1, 0.15) is 43.1 Å². The predicted octanol–water partition coefficient (Wildman–Crippen LogP) is 6.89. The average Bonchev–Trinajstić information content (AvgIpc) is 2.87. The molecule has 186 valence electrons. The van der Waals surface area contributed by atoms with E-state index in [2.05, 4.69) is 43.6 Å². The van der Waals surface area contributed by atoms with Gasteiger partial charge in [0.05, 0.1) is 27.8 Å². The molecule has 0 N–H and O–H groups in total. The highest BCUT2D eigenvalue weighted by molar-refractivity contribution is 14.1. The Morgan fingerprint density at radius 3 is 2.72 bits per heavy atom. The molecule has 0 aliphatic carbocycles. The van der Waals surface area contributed by atoms with E-state index in [-0.39, 0.29) is 23.9 Å². The first-order chi connectivity index (χ1) is 17.3. The summed E-state index contributed by atoms with van der Waals surface area (Å²) < 4.78 is 28.4. The summed E-state index contributed by atoms with van der Waals surface area (Å²) in [6, 6.07) is 15.6. The Morgan fingerprint density at radius 1 is 1.22 bits per heavy atom. The third-order valence-electron chi connectivity index (χ3n) is 5.79. The van der Waals surface area contributed by atoms with Crippen LogP contribution in [-0.2, 0) is 6.61 Å². The molecule has 1 aromatic heterocycles. The van der Waals surface area contributed by atoms with Crippen molar-refractivity contribution in [2.24, 2.45) is 5.10 Å². The van der Waals surface area contributed by atoms with Crippen molar-refractivity contribution in [2.75, 3.05) is 7.11 Å². The second-order valence-electron chi connectivity index (χ2n) is 8.22. The first-order valence-corrected chi connectivity index (χ1v) is 13.2. The molecule has 3 aromatic carbocycles. The van der Waals surface area contributed by atoms with E-state index in [1.54, 1.807) is 43.7 Å². The van der Waals surface area contributed by atoms with Crippen molar-refractivity contribution in [1.29, 1.82) is 0 Å². The van der Waals surface area contributed by atoms with E-state index < -0.39 is 0 Å². The molecule has 0 spiro atoms. The highest BCUT2D eigenvalue weighted by Crippen LogP contribution is 2.34. The molecule has 1 heterocycles. The van der Waals surface area contributed by atoms with E-state index in [9.17, 15) is 9.18 Å². The lowest BCUT2D eigenvalue weighted by Crippen LogP contribution is -2.23. The van der Waals surface area contributed by atoms with Crippen LogP contribution in [0.2, 0.25) is 0 Å². The number of hydrogen-bond acceptors (Lipinski definition) is 5. The SMILES string of the molecule is CC[C@H](C)c1nc2ccc(Br)cc2c(=O)n1N=Cc1cc(I)c(OCc2ccccc2F)c(OC)c1. The van der Waals surface area contributed by atoms with Crippen molar-refractivity contribution in [1.82, 2.24) is 9.66 Å². The van der Waals surface area contributed by atoms with Gasteiger partial charge >= 0.3 is 0 Å². The standard InChI is InChI=1S/C27H24BrFIN3O3/c1-4-16(2)26-32-23-10-9-19(28)13-20(23)27(34)33(26)31-14-17-11-22(30)25(24(12-17)35-3)36-15-18-7-5-6-8-21(18)29/h5-14,16H,4,15H2,1-3H3/t16-/m0/s1. The van der Waals surface area contributed by atoms with Gasteiger partial charge in [-0.05, 0) is 71.0 Å². The zero-order chi connectivity index (χ0) is 25.8. The van der Waals surface area contributed by atoms with Gasteiger partial charge in [-0.15, -0.1) is 0 Å². The van der Waals surface area contributed by atoms with E-state index in [1.807, 2.05) is 32.0 Å². The van der Waals surface area contributed by atoms with Gasteiger partial charge in [0.2, 0.25) is 0 Å². The lowest BCUT2D eigenvalue weighted by molar-refractivity contribution is 0.277. The van der Waals surface area contributed by atoms with Crippen LogP contribution in [0, 0.1) is 9.39 Å². The number of fused-ring (bicyclic) bond motifs is 1. The van der Waals surface area contributed by atoms with E-state index >= 15 is 0 Å². The van der Waals surface area contributed by atoms with Crippen LogP contribution in [-0.4, -0.2) is 23.0 Å². The van der Waals surface area contributed by atoms with Crippen LogP contribution in [0.15, 0.2) is 69.0 Å². The second-order valence-corrected chi connectivity index (χ2v) is 10.3. The van der Waals surface area contributed by atoms with Gasteiger partial charge in [-0.2, -0.15) is 9.78 Å². The number of benzene rings is 3. The van der Waals surface area contributed by atoms with E-state index in [0.29, 0.717) is 39.4 Å². The molecule has 36 heavy (non-hydrogen) atoms. The van der Waals surface area contributed by atoms with Crippen molar-refractivity contribution in [3.05, 3.63) is 95.8 Å². The number of methoxy groups -OCH3 is 1. The number of hydrogen-bond donors (Lipinski definition) is 0. The van der Waals surface area contributed by atoms with Crippen LogP contribution in [0.5, 0.6) is 11.5 Å². The quantitative estimate of drug-likeness (QED) is 0.152. The summed E-state index contributed by atoms with van der Waals surface area (Å²) >= 11 is 5.57. The number of nitrogens with zero attached hydrogens (tertiary/aromatic N) is 3. The molecule has 4 rings (SSSR count). The first kappa shape index (κ1) is 26.3. The maximum absolute atomic E-state index is 14.0. The summed E-state index contributed by atoms with van der Waals surface area (Å²) in [4.78, 5) is 18.1. The molecule has 6 nitrogen and oxygen atoms in total. The Labute approximate surface area is 230 Å². The molecular formula is C27H24BrFIN3O3. The molecule has 0 radical (unpaired) electrons. The van der Waals surface area contributed by atoms with E-state index in [1.165, 1.54) is 10.7 Å². The maximum atomic E-state index is 14.0. The molecule has 0 saturated heterocycles. The molecule has 0 aliphatic rings. The van der Waals surface area contributed by atoms with Crippen molar-refractivity contribution in [3.63, 3.8) is 0 Å². The van der Waals surface area contributed by atoms with Crippen LogP contribution < -0.4 is 15.0 Å². The topological polar surface area (TPSA) is 65.7 Å². The van der Waals surface area contributed by atoms with Crippen LogP contribution >= 0.6 is 38.5 Å². The molecule has 0 fully saturated rings. The number of ether oxygens (including phenoxy) is 2. The molecule has 0 amide bonds. The predicted molar refractivity (Wildman–Crippen MR) is 152 cm³/mol. The van der Waals surface area contributed by atoms with Crippen LogP contribution in [0.25, 0.3) is 10.9 Å². The molecular weight excluding hydrogens is 640 g/mol. The zero-order valence-electron chi connectivity index (χ0n) is 20.0. The summed E-state index contributed by atoms with van der Waals surface area (Å²) in [5.74, 6) is 1.29. The highest BCUT2D eigenvalue weighted by atomic mass is 127. The van der Waals surface area contributed by atoms with E-state index in [0.717, 1.165) is 14.5 Å². The fraction of sp³-hybridized carbons (Fsp3) is 0.222. The Bertz CT molecular complexity index is 1510.